The summed E-state index contributed by atoms with van der Waals surface area (Å²) in [5.74, 6) is 0.436. The number of carbonyl (C=O) groups excluding carboxylic acids is 1. The summed E-state index contributed by atoms with van der Waals surface area (Å²) in [6.45, 7) is 4.88. The fraction of sp³-hybridized carbons (Fsp3) is 0.688. The molecule has 1 fully saturated rings. The standard InChI is InChI=1S/C16H25F3N6O/c1-10(2)14(26)25-6-5-12(9-25)22-15(20-3)21-7-11-8-24(4)23-13(11)16(17,18)19/h8,10,12H,5-7,9H2,1-4H3,(H2,20,21,22). The zero-order valence-electron chi connectivity index (χ0n) is 15.4. The highest BCUT2D eigenvalue weighted by Gasteiger charge is 2.37. The molecule has 1 aromatic heterocycles. The smallest absolute Gasteiger partial charge is 0.352 e. The van der Waals surface area contributed by atoms with Gasteiger partial charge in [-0.1, -0.05) is 13.8 Å². The number of rotatable bonds is 4. The van der Waals surface area contributed by atoms with Crippen LogP contribution in [0.3, 0.4) is 0 Å². The van der Waals surface area contributed by atoms with Gasteiger partial charge in [0, 0.05) is 57.4 Å². The number of alkyl halides is 3. The number of amides is 1. The highest BCUT2D eigenvalue weighted by Crippen LogP contribution is 2.30. The van der Waals surface area contributed by atoms with Crippen molar-refractivity contribution in [1.29, 1.82) is 0 Å². The van der Waals surface area contributed by atoms with E-state index in [1.54, 1.807) is 11.9 Å². The second kappa shape index (κ2) is 7.96. The van der Waals surface area contributed by atoms with Gasteiger partial charge in [0.15, 0.2) is 11.7 Å². The number of nitrogens with one attached hydrogen (secondary N) is 2. The van der Waals surface area contributed by atoms with Crippen LogP contribution in [0.1, 0.15) is 31.5 Å². The normalized spacial score (nSPS) is 18.5. The van der Waals surface area contributed by atoms with E-state index < -0.39 is 11.9 Å². The monoisotopic (exact) mass is 374 g/mol. The Morgan fingerprint density at radius 3 is 2.73 bits per heavy atom. The van der Waals surface area contributed by atoms with Crippen LogP contribution in [0.2, 0.25) is 0 Å². The van der Waals surface area contributed by atoms with Crippen molar-refractivity contribution in [2.45, 2.75) is 39.0 Å². The Labute approximate surface area is 150 Å². The molecule has 0 aliphatic carbocycles. The van der Waals surface area contributed by atoms with E-state index in [4.69, 9.17) is 0 Å². The molecular weight excluding hydrogens is 349 g/mol. The number of guanidine groups is 1. The molecule has 2 rings (SSSR count). The van der Waals surface area contributed by atoms with E-state index in [9.17, 15) is 18.0 Å². The van der Waals surface area contributed by atoms with Crippen molar-refractivity contribution in [2.24, 2.45) is 18.0 Å². The van der Waals surface area contributed by atoms with Gasteiger partial charge >= 0.3 is 6.18 Å². The number of nitrogens with zero attached hydrogens (tertiary/aromatic N) is 4. The third-order valence-corrected chi connectivity index (χ3v) is 4.18. The number of hydrogen-bond acceptors (Lipinski definition) is 3. The number of hydrogen-bond donors (Lipinski definition) is 2. The molecule has 0 saturated carbocycles. The first-order valence-electron chi connectivity index (χ1n) is 8.47. The Hall–Kier alpha value is -2.26. The van der Waals surface area contributed by atoms with E-state index in [1.807, 2.05) is 13.8 Å². The summed E-state index contributed by atoms with van der Waals surface area (Å²) >= 11 is 0. The van der Waals surface area contributed by atoms with Crippen molar-refractivity contribution < 1.29 is 18.0 Å². The third kappa shape index (κ3) is 4.89. The maximum Gasteiger partial charge on any atom is 0.435 e. The molecule has 1 atom stereocenters. The summed E-state index contributed by atoms with van der Waals surface area (Å²) in [5, 5.41) is 9.53. The highest BCUT2D eigenvalue weighted by atomic mass is 19.4. The molecular formula is C16H25F3N6O. The average molecular weight is 374 g/mol. The van der Waals surface area contributed by atoms with Crippen molar-refractivity contribution in [3.8, 4) is 0 Å². The zero-order valence-corrected chi connectivity index (χ0v) is 15.4. The van der Waals surface area contributed by atoms with Gasteiger partial charge in [-0.15, -0.1) is 0 Å². The van der Waals surface area contributed by atoms with E-state index in [2.05, 4.69) is 20.7 Å². The summed E-state index contributed by atoms with van der Waals surface area (Å²) in [4.78, 5) is 17.9. The number of aromatic nitrogens is 2. The molecule has 0 bridgehead atoms. The molecule has 1 unspecified atom stereocenters. The SMILES string of the molecule is CN=C(NCc1cn(C)nc1C(F)(F)F)NC1CCN(C(=O)C(C)C)C1. The Morgan fingerprint density at radius 1 is 1.46 bits per heavy atom. The first-order chi connectivity index (χ1) is 12.1. The van der Waals surface area contributed by atoms with Crippen molar-refractivity contribution in [2.75, 3.05) is 20.1 Å². The Balaban J connectivity index is 1.93. The second-order valence-corrected chi connectivity index (χ2v) is 6.67. The average Bonchev–Trinajstić information content (AvgIpc) is 3.16. The number of carbonyl (C=O) groups is 1. The minimum Gasteiger partial charge on any atom is -0.352 e. The molecule has 1 amide bonds. The lowest BCUT2D eigenvalue weighted by Crippen LogP contribution is -2.45. The lowest BCUT2D eigenvalue weighted by molar-refractivity contribution is -0.142. The van der Waals surface area contributed by atoms with Gasteiger partial charge in [-0.3, -0.25) is 14.5 Å². The van der Waals surface area contributed by atoms with Crippen LogP contribution in [0.5, 0.6) is 0 Å². The predicted octanol–water partition coefficient (Wildman–Crippen LogP) is 1.36. The van der Waals surface area contributed by atoms with E-state index >= 15 is 0 Å². The van der Waals surface area contributed by atoms with Crippen molar-refractivity contribution >= 4 is 11.9 Å². The molecule has 1 aliphatic heterocycles. The zero-order chi connectivity index (χ0) is 19.5. The Bertz CT molecular complexity index is 667. The molecule has 1 aromatic rings. The summed E-state index contributed by atoms with van der Waals surface area (Å²) in [5.41, 5.74) is -0.858. The number of halogens is 3. The van der Waals surface area contributed by atoms with Crippen LogP contribution in [-0.2, 0) is 24.6 Å². The molecule has 1 aliphatic rings. The van der Waals surface area contributed by atoms with Crippen LogP contribution in [0, 0.1) is 5.92 Å². The van der Waals surface area contributed by atoms with Gasteiger partial charge in [-0.2, -0.15) is 18.3 Å². The lowest BCUT2D eigenvalue weighted by atomic mass is 10.2. The second-order valence-electron chi connectivity index (χ2n) is 6.67. The van der Waals surface area contributed by atoms with Crippen LogP contribution in [-0.4, -0.2) is 52.7 Å². The molecule has 0 aromatic carbocycles. The molecule has 0 spiro atoms. The first-order valence-corrected chi connectivity index (χ1v) is 8.47. The summed E-state index contributed by atoms with van der Waals surface area (Å²) in [6, 6.07) is 0.0138. The van der Waals surface area contributed by atoms with E-state index in [0.717, 1.165) is 11.1 Å². The Kier molecular flexibility index (Phi) is 6.14. The van der Waals surface area contributed by atoms with Crippen LogP contribution in [0.15, 0.2) is 11.2 Å². The number of likely N-dealkylation sites (tertiary alicyclic amines) is 1. The quantitative estimate of drug-likeness (QED) is 0.617. The van der Waals surface area contributed by atoms with Gasteiger partial charge in [0.05, 0.1) is 0 Å². The third-order valence-electron chi connectivity index (χ3n) is 4.18. The number of aryl methyl sites for hydroxylation is 1. The highest BCUT2D eigenvalue weighted by molar-refractivity contribution is 5.81. The van der Waals surface area contributed by atoms with Gasteiger partial charge in [-0.25, -0.2) is 0 Å². The first kappa shape index (κ1) is 20.1. The largest absolute Gasteiger partial charge is 0.435 e. The lowest BCUT2D eigenvalue weighted by Gasteiger charge is -2.20. The molecule has 26 heavy (non-hydrogen) atoms. The van der Waals surface area contributed by atoms with Crippen LogP contribution >= 0.6 is 0 Å². The maximum atomic E-state index is 13.0. The maximum absolute atomic E-state index is 13.0. The molecule has 2 heterocycles. The van der Waals surface area contributed by atoms with Gasteiger partial charge in [0.1, 0.15) is 0 Å². The van der Waals surface area contributed by atoms with Gasteiger partial charge in [0.2, 0.25) is 5.91 Å². The molecule has 0 radical (unpaired) electrons. The summed E-state index contributed by atoms with van der Waals surface area (Å²) in [7, 11) is 3.00. The van der Waals surface area contributed by atoms with Gasteiger partial charge in [0.25, 0.3) is 0 Å². The molecule has 10 heteroatoms. The van der Waals surface area contributed by atoms with Crippen molar-refractivity contribution in [1.82, 2.24) is 25.3 Å². The van der Waals surface area contributed by atoms with Crippen molar-refractivity contribution in [3.05, 3.63) is 17.5 Å². The molecule has 146 valence electrons. The molecule has 1 saturated heterocycles. The Morgan fingerprint density at radius 2 is 2.15 bits per heavy atom. The van der Waals surface area contributed by atoms with E-state index in [1.165, 1.54) is 13.2 Å². The van der Waals surface area contributed by atoms with Crippen molar-refractivity contribution in [3.63, 3.8) is 0 Å². The topological polar surface area (TPSA) is 74.6 Å². The predicted molar refractivity (Wildman–Crippen MR) is 91.4 cm³/mol. The minimum absolute atomic E-state index is 0.0138. The summed E-state index contributed by atoms with van der Waals surface area (Å²) in [6.07, 6.45) is -2.40. The molecule has 2 N–H and O–H groups in total. The fourth-order valence-corrected chi connectivity index (χ4v) is 2.92. The number of aliphatic imine (C=N–C) groups is 1. The van der Waals surface area contributed by atoms with Crippen LogP contribution in [0.4, 0.5) is 13.2 Å². The van der Waals surface area contributed by atoms with E-state index in [0.29, 0.717) is 19.0 Å². The van der Waals surface area contributed by atoms with E-state index in [-0.39, 0.29) is 30.0 Å². The minimum atomic E-state index is -4.50. The van der Waals surface area contributed by atoms with Gasteiger partial charge < -0.3 is 15.5 Å². The van der Waals surface area contributed by atoms with Crippen LogP contribution < -0.4 is 10.6 Å². The fourth-order valence-electron chi connectivity index (χ4n) is 2.92. The van der Waals surface area contributed by atoms with Crippen LogP contribution in [0.25, 0.3) is 0 Å². The van der Waals surface area contributed by atoms with Gasteiger partial charge in [-0.05, 0) is 6.42 Å². The summed E-state index contributed by atoms with van der Waals surface area (Å²) < 4.78 is 40.1. The molecule has 7 nitrogen and oxygen atoms in total.